The fraction of sp³-hybridized carbons (Fsp3) is 0.353. The number of hydrogen-bond donors (Lipinski definition) is 1. The van der Waals surface area contributed by atoms with E-state index in [0.29, 0.717) is 6.54 Å². The lowest BCUT2D eigenvalue weighted by atomic mass is 10.2. The molecule has 0 aliphatic carbocycles. The molecule has 2 heterocycles. The number of benzene rings is 1. The van der Waals surface area contributed by atoms with Crippen molar-refractivity contribution in [3.8, 4) is 0 Å². The van der Waals surface area contributed by atoms with Gasteiger partial charge in [0.25, 0.3) is 5.78 Å². The molecule has 0 fully saturated rings. The average Bonchev–Trinajstić information content (AvgIpc) is 3.03. The highest BCUT2D eigenvalue weighted by atomic mass is 19.4. The number of halogens is 3. The van der Waals surface area contributed by atoms with E-state index >= 15 is 0 Å². The lowest BCUT2D eigenvalue weighted by Crippen LogP contribution is -2.32. The molecule has 0 spiro atoms. The number of rotatable bonds is 6. The van der Waals surface area contributed by atoms with Crippen LogP contribution in [0.15, 0.2) is 42.7 Å². The van der Waals surface area contributed by atoms with Crippen LogP contribution >= 0.6 is 0 Å². The largest absolute Gasteiger partial charge is 0.433 e. The van der Waals surface area contributed by atoms with Crippen molar-refractivity contribution in [3.63, 3.8) is 0 Å². The fourth-order valence-electron chi connectivity index (χ4n) is 2.79. The van der Waals surface area contributed by atoms with Gasteiger partial charge in [0.1, 0.15) is 12.1 Å². The summed E-state index contributed by atoms with van der Waals surface area (Å²) >= 11 is 0. The highest BCUT2D eigenvalue weighted by Gasteiger charge is 2.34. The van der Waals surface area contributed by atoms with Gasteiger partial charge in [0, 0.05) is 25.2 Å². The van der Waals surface area contributed by atoms with Crippen LogP contribution in [0.5, 0.6) is 0 Å². The van der Waals surface area contributed by atoms with Gasteiger partial charge in [-0.2, -0.15) is 27.8 Å². The number of nitrogens with one attached hydrogen (secondary N) is 1. The molecule has 138 valence electrons. The van der Waals surface area contributed by atoms with Gasteiger partial charge in [-0.15, -0.1) is 0 Å². The van der Waals surface area contributed by atoms with Crippen molar-refractivity contribution in [1.29, 1.82) is 0 Å². The zero-order valence-electron chi connectivity index (χ0n) is 14.4. The quantitative estimate of drug-likeness (QED) is 0.728. The molecule has 0 amide bonds. The van der Waals surface area contributed by atoms with E-state index in [1.54, 1.807) is 0 Å². The molecule has 0 aliphatic heterocycles. The van der Waals surface area contributed by atoms with Crippen molar-refractivity contribution in [1.82, 2.24) is 24.5 Å². The SMILES string of the molecule is CC(CN(C)Cc1ccccc1)Nc1cc(C(F)(F)F)nc2ncnn12. The first-order valence-corrected chi connectivity index (χ1v) is 8.10. The van der Waals surface area contributed by atoms with Gasteiger partial charge in [-0.3, -0.25) is 0 Å². The number of hydrogen-bond acceptors (Lipinski definition) is 5. The molecule has 0 saturated carbocycles. The van der Waals surface area contributed by atoms with Crippen molar-refractivity contribution < 1.29 is 13.2 Å². The molecule has 3 aromatic rings. The summed E-state index contributed by atoms with van der Waals surface area (Å²) in [6.07, 6.45) is -3.36. The van der Waals surface area contributed by atoms with Gasteiger partial charge < -0.3 is 10.2 Å². The fourth-order valence-corrected chi connectivity index (χ4v) is 2.79. The number of fused-ring (bicyclic) bond motifs is 1. The van der Waals surface area contributed by atoms with Gasteiger partial charge >= 0.3 is 6.18 Å². The Morgan fingerprint density at radius 1 is 1.23 bits per heavy atom. The molecule has 9 heteroatoms. The smallest absolute Gasteiger partial charge is 0.366 e. The standard InChI is InChI=1S/C17H19F3N6/c1-12(9-25(2)10-13-6-4-3-5-7-13)23-15-8-14(17(18,19)20)24-16-21-11-22-26(15)16/h3-8,11-12,23H,9-10H2,1-2H3. The maximum absolute atomic E-state index is 13.0. The Bertz CT molecular complexity index is 862. The molecule has 0 aliphatic rings. The van der Waals surface area contributed by atoms with Crippen LogP contribution < -0.4 is 5.32 Å². The van der Waals surface area contributed by atoms with Gasteiger partial charge in [-0.05, 0) is 19.5 Å². The lowest BCUT2D eigenvalue weighted by Gasteiger charge is -2.23. The summed E-state index contributed by atoms with van der Waals surface area (Å²) in [5, 5.41) is 7.02. The third-order valence-electron chi connectivity index (χ3n) is 3.82. The van der Waals surface area contributed by atoms with E-state index < -0.39 is 11.9 Å². The normalized spacial score (nSPS) is 13.3. The summed E-state index contributed by atoms with van der Waals surface area (Å²) in [6, 6.07) is 10.8. The summed E-state index contributed by atoms with van der Waals surface area (Å²) in [5.41, 5.74) is 0.175. The highest BCUT2D eigenvalue weighted by molar-refractivity contribution is 5.46. The molecule has 0 saturated heterocycles. The van der Waals surface area contributed by atoms with Crippen LogP contribution in [-0.4, -0.2) is 44.1 Å². The zero-order chi connectivity index (χ0) is 18.7. The third-order valence-corrected chi connectivity index (χ3v) is 3.82. The van der Waals surface area contributed by atoms with Crippen LogP contribution in [0.25, 0.3) is 5.78 Å². The van der Waals surface area contributed by atoms with E-state index in [2.05, 4.69) is 25.3 Å². The third kappa shape index (κ3) is 4.29. The minimum absolute atomic E-state index is 0.0906. The van der Waals surface area contributed by atoms with Crippen molar-refractivity contribution >= 4 is 11.6 Å². The van der Waals surface area contributed by atoms with Crippen molar-refractivity contribution in [2.45, 2.75) is 25.7 Å². The zero-order valence-corrected chi connectivity index (χ0v) is 14.4. The molecule has 1 atom stereocenters. The van der Waals surface area contributed by atoms with Crippen LogP contribution in [0.2, 0.25) is 0 Å². The van der Waals surface area contributed by atoms with Gasteiger partial charge in [0.05, 0.1) is 0 Å². The van der Waals surface area contributed by atoms with E-state index in [1.807, 2.05) is 44.3 Å². The molecule has 0 radical (unpaired) electrons. The molecule has 1 unspecified atom stereocenters. The van der Waals surface area contributed by atoms with Gasteiger partial charge in [0.15, 0.2) is 5.69 Å². The van der Waals surface area contributed by atoms with Crippen molar-refractivity contribution in [2.24, 2.45) is 0 Å². The van der Waals surface area contributed by atoms with E-state index in [9.17, 15) is 13.2 Å². The minimum Gasteiger partial charge on any atom is -0.366 e. The first kappa shape index (κ1) is 18.1. The maximum atomic E-state index is 13.0. The summed E-state index contributed by atoms with van der Waals surface area (Å²) in [6.45, 7) is 3.28. The number of anilines is 1. The second-order valence-corrected chi connectivity index (χ2v) is 6.22. The molecule has 0 bridgehead atoms. The van der Waals surface area contributed by atoms with E-state index in [0.717, 1.165) is 12.6 Å². The van der Waals surface area contributed by atoms with Crippen molar-refractivity contribution in [3.05, 3.63) is 54.0 Å². The number of nitrogens with zero attached hydrogens (tertiary/aromatic N) is 5. The predicted octanol–water partition coefficient (Wildman–Crippen LogP) is 3.08. The maximum Gasteiger partial charge on any atom is 0.433 e. The number of likely N-dealkylation sites (N-methyl/N-ethyl adjacent to an activating group) is 1. The van der Waals surface area contributed by atoms with E-state index in [4.69, 9.17) is 0 Å². The molecule has 3 rings (SSSR count). The Hall–Kier alpha value is -2.68. The molecule has 6 nitrogen and oxygen atoms in total. The van der Waals surface area contributed by atoms with Crippen molar-refractivity contribution in [2.75, 3.05) is 18.9 Å². The second kappa shape index (κ2) is 7.28. The Balaban J connectivity index is 1.72. The molecular formula is C17H19F3N6. The Kier molecular flexibility index (Phi) is 5.08. The Morgan fingerprint density at radius 2 is 1.96 bits per heavy atom. The molecule has 26 heavy (non-hydrogen) atoms. The minimum atomic E-state index is -4.54. The topological polar surface area (TPSA) is 58.3 Å². The van der Waals surface area contributed by atoms with Crippen LogP contribution in [0.1, 0.15) is 18.2 Å². The first-order valence-electron chi connectivity index (χ1n) is 8.10. The monoisotopic (exact) mass is 364 g/mol. The Labute approximate surface area is 148 Å². The summed E-state index contributed by atoms with van der Waals surface area (Å²) in [7, 11) is 1.96. The highest BCUT2D eigenvalue weighted by Crippen LogP contribution is 2.29. The first-order chi connectivity index (χ1) is 12.3. The number of aromatic nitrogens is 4. The molecule has 2 aromatic heterocycles. The summed E-state index contributed by atoms with van der Waals surface area (Å²) < 4.78 is 40.4. The van der Waals surface area contributed by atoms with E-state index in [1.165, 1.54) is 16.4 Å². The van der Waals surface area contributed by atoms with E-state index in [-0.39, 0.29) is 17.6 Å². The van der Waals surface area contributed by atoms with Crippen LogP contribution in [-0.2, 0) is 12.7 Å². The molecule has 1 aromatic carbocycles. The van der Waals surface area contributed by atoms with Crippen LogP contribution in [0, 0.1) is 0 Å². The summed E-state index contributed by atoms with van der Waals surface area (Å²) in [4.78, 5) is 9.37. The van der Waals surface area contributed by atoms with Gasteiger partial charge in [0.2, 0.25) is 0 Å². The van der Waals surface area contributed by atoms with Crippen LogP contribution in [0.4, 0.5) is 19.0 Å². The summed E-state index contributed by atoms with van der Waals surface area (Å²) in [5.74, 6) is 0.118. The Morgan fingerprint density at radius 3 is 2.65 bits per heavy atom. The molecule has 1 N–H and O–H groups in total. The molecular weight excluding hydrogens is 345 g/mol. The van der Waals surface area contributed by atoms with Gasteiger partial charge in [-0.1, -0.05) is 30.3 Å². The lowest BCUT2D eigenvalue weighted by molar-refractivity contribution is -0.141. The van der Waals surface area contributed by atoms with Gasteiger partial charge in [-0.25, -0.2) is 4.98 Å². The predicted molar refractivity (Wildman–Crippen MR) is 91.6 cm³/mol. The average molecular weight is 364 g/mol. The second-order valence-electron chi connectivity index (χ2n) is 6.22. The number of alkyl halides is 3. The van der Waals surface area contributed by atoms with Crippen LogP contribution in [0.3, 0.4) is 0 Å².